The van der Waals surface area contributed by atoms with Crippen molar-refractivity contribution in [1.82, 2.24) is 9.96 Å². The van der Waals surface area contributed by atoms with Gasteiger partial charge in [-0.05, 0) is 57.6 Å². The van der Waals surface area contributed by atoms with Gasteiger partial charge in [0.25, 0.3) is 11.8 Å². The molecule has 8 heteroatoms. The molecule has 0 aromatic heterocycles. The van der Waals surface area contributed by atoms with Crippen molar-refractivity contribution >= 4 is 23.9 Å². The van der Waals surface area contributed by atoms with E-state index in [0.717, 1.165) is 25.7 Å². The Morgan fingerprint density at radius 2 is 1.60 bits per heavy atom. The van der Waals surface area contributed by atoms with Gasteiger partial charge in [0.1, 0.15) is 11.6 Å². The number of carbonyl (C=O) groups excluding carboxylic acids is 4. The summed E-state index contributed by atoms with van der Waals surface area (Å²) in [6.45, 7) is 5.70. The normalized spacial score (nSPS) is 25.8. The first kappa shape index (κ1) is 20.4. The molecule has 1 aliphatic carbocycles. The summed E-state index contributed by atoms with van der Waals surface area (Å²) in [5, 5.41) is 0.510. The minimum absolute atomic E-state index is 0.0750. The predicted molar refractivity (Wildman–Crippen MR) is 105 cm³/mol. The number of amides is 3. The summed E-state index contributed by atoms with van der Waals surface area (Å²) in [6, 6.07) is 5.44. The zero-order valence-corrected chi connectivity index (χ0v) is 17.4. The van der Waals surface area contributed by atoms with Crippen molar-refractivity contribution in [3.8, 4) is 0 Å². The number of imide groups is 1. The Hall–Kier alpha value is -2.90. The Balaban J connectivity index is 1.56. The van der Waals surface area contributed by atoms with Gasteiger partial charge in [0.15, 0.2) is 0 Å². The Labute approximate surface area is 175 Å². The summed E-state index contributed by atoms with van der Waals surface area (Å²) >= 11 is 0. The predicted octanol–water partition coefficient (Wildman–Crippen LogP) is 3.17. The van der Waals surface area contributed by atoms with Gasteiger partial charge >= 0.3 is 12.1 Å². The number of likely N-dealkylation sites (tertiary alicyclic amines) is 1. The molecule has 1 aromatic rings. The smallest absolute Gasteiger partial charge is 0.411 e. The maximum Gasteiger partial charge on any atom is 0.411 e. The van der Waals surface area contributed by atoms with Crippen molar-refractivity contribution in [3.63, 3.8) is 0 Å². The summed E-state index contributed by atoms with van der Waals surface area (Å²) in [6.07, 6.45) is 3.12. The zero-order valence-electron chi connectivity index (χ0n) is 17.4. The number of nitrogens with zero attached hydrogens (tertiary/aromatic N) is 2. The first-order valence-electron chi connectivity index (χ1n) is 10.4. The van der Waals surface area contributed by atoms with E-state index in [9.17, 15) is 19.2 Å². The summed E-state index contributed by atoms with van der Waals surface area (Å²) in [4.78, 5) is 57.8. The lowest BCUT2D eigenvalue weighted by atomic mass is 9.78. The van der Waals surface area contributed by atoms with Crippen LogP contribution in [-0.2, 0) is 14.4 Å². The number of fused-ring (bicyclic) bond motifs is 2. The molecular formula is C22H26N2O6. The molecule has 160 valence electrons. The fourth-order valence-electron chi connectivity index (χ4n) is 4.68. The minimum Gasteiger partial charge on any atom is -0.444 e. The topological polar surface area (TPSA) is 93.2 Å². The molecule has 3 aliphatic rings. The molecule has 3 atom stereocenters. The van der Waals surface area contributed by atoms with Crippen LogP contribution in [0.15, 0.2) is 24.3 Å². The molecule has 30 heavy (non-hydrogen) atoms. The van der Waals surface area contributed by atoms with E-state index in [1.165, 1.54) is 17.0 Å². The fraction of sp³-hybridized carbons (Fsp3) is 0.545. The Morgan fingerprint density at radius 3 is 2.20 bits per heavy atom. The molecule has 1 unspecified atom stereocenters. The van der Waals surface area contributed by atoms with Crippen LogP contribution in [0.4, 0.5) is 4.79 Å². The highest BCUT2D eigenvalue weighted by Gasteiger charge is 2.52. The molecule has 4 rings (SSSR count). The number of hydroxylamine groups is 2. The highest BCUT2D eigenvalue weighted by molar-refractivity contribution is 6.20. The van der Waals surface area contributed by atoms with Gasteiger partial charge in [0.05, 0.1) is 11.1 Å². The van der Waals surface area contributed by atoms with Crippen LogP contribution < -0.4 is 0 Å². The second kappa shape index (κ2) is 7.41. The molecule has 0 bridgehead atoms. The summed E-state index contributed by atoms with van der Waals surface area (Å²) in [7, 11) is 0. The number of ether oxygens (including phenoxy) is 1. The molecule has 1 saturated heterocycles. The van der Waals surface area contributed by atoms with E-state index in [2.05, 4.69) is 0 Å². The average molecular weight is 414 g/mol. The molecule has 2 aliphatic heterocycles. The van der Waals surface area contributed by atoms with Gasteiger partial charge in [0.2, 0.25) is 0 Å². The maximum absolute atomic E-state index is 13.2. The molecule has 3 amide bonds. The Kier molecular flexibility index (Phi) is 5.03. The summed E-state index contributed by atoms with van der Waals surface area (Å²) in [5.74, 6) is -2.03. The molecule has 1 aromatic carbocycles. The number of hydrogen-bond donors (Lipinski definition) is 0. The lowest BCUT2D eigenvalue weighted by molar-refractivity contribution is -0.175. The second-order valence-corrected chi connectivity index (χ2v) is 9.15. The SMILES string of the molecule is CC(C)(C)OC(=O)N1C[C@H]2CCCC[C@H]2C1C(=O)ON1C(=O)c2ccccc2C1=O. The molecule has 1 saturated carbocycles. The third-order valence-corrected chi connectivity index (χ3v) is 5.95. The van der Waals surface area contributed by atoms with Gasteiger partial charge in [-0.3, -0.25) is 14.5 Å². The molecule has 0 N–H and O–H groups in total. The zero-order chi connectivity index (χ0) is 21.6. The monoisotopic (exact) mass is 414 g/mol. The van der Waals surface area contributed by atoms with E-state index in [-0.39, 0.29) is 23.0 Å². The fourth-order valence-corrected chi connectivity index (χ4v) is 4.68. The van der Waals surface area contributed by atoms with Crippen LogP contribution in [0.25, 0.3) is 0 Å². The molecule has 8 nitrogen and oxygen atoms in total. The largest absolute Gasteiger partial charge is 0.444 e. The van der Waals surface area contributed by atoms with Crippen molar-refractivity contribution in [3.05, 3.63) is 35.4 Å². The van der Waals surface area contributed by atoms with E-state index >= 15 is 0 Å². The quantitative estimate of drug-likeness (QED) is 0.690. The number of hydrogen-bond acceptors (Lipinski definition) is 6. The van der Waals surface area contributed by atoms with Gasteiger partial charge < -0.3 is 9.57 Å². The molecule has 0 radical (unpaired) electrons. The van der Waals surface area contributed by atoms with E-state index < -0.39 is 35.5 Å². The number of rotatable bonds is 2. The van der Waals surface area contributed by atoms with Crippen LogP contribution in [0.3, 0.4) is 0 Å². The maximum atomic E-state index is 13.2. The summed E-state index contributed by atoms with van der Waals surface area (Å²) in [5.41, 5.74) is -0.315. The molecular weight excluding hydrogens is 388 g/mol. The Bertz CT molecular complexity index is 870. The first-order chi connectivity index (χ1) is 14.2. The third-order valence-electron chi connectivity index (χ3n) is 5.95. The van der Waals surface area contributed by atoms with Gasteiger partial charge in [-0.2, -0.15) is 0 Å². The van der Waals surface area contributed by atoms with E-state index in [1.54, 1.807) is 32.9 Å². The van der Waals surface area contributed by atoms with E-state index in [1.807, 2.05) is 0 Å². The van der Waals surface area contributed by atoms with Crippen LogP contribution in [0.1, 0.15) is 67.2 Å². The van der Waals surface area contributed by atoms with Gasteiger partial charge in [-0.25, -0.2) is 9.59 Å². The van der Waals surface area contributed by atoms with E-state index in [4.69, 9.17) is 9.57 Å². The highest BCUT2D eigenvalue weighted by Crippen LogP contribution is 2.41. The van der Waals surface area contributed by atoms with Gasteiger partial charge in [-0.15, -0.1) is 0 Å². The number of carbonyl (C=O) groups is 4. The standard InChI is InChI=1S/C22H26N2O6/c1-22(2,3)29-21(28)23-12-13-8-4-5-9-14(13)17(23)20(27)30-24-18(25)15-10-6-7-11-16(15)19(24)26/h6-7,10-11,13-14,17H,4-5,8-9,12H2,1-3H3/t13-,14-,17?/m1/s1. The van der Waals surface area contributed by atoms with Crippen molar-refractivity contribution in [1.29, 1.82) is 0 Å². The van der Waals surface area contributed by atoms with Crippen molar-refractivity contribution in [2.24, 2.45) is 11.8 Å². The minimum atomic E-state index is -0.880. The molecule has 2 heterocycles. The van der Waals surface area contributed by atoms with Crippen LogP contribution in [-0.4, -0.2) is 52.0 Å². The van der Waals surface area contributed by atoms with Crippen molar-refractivity contribution in [2.45, 2.75) is 58.1 Å². The highest BCUT2D eigenvalue weighted by atomic mass is 16.7. The average Bonchev–Trinajstić information content (AvgIpc) is 3.19. The van der Waals surface area contributed by atoms with Crippen molar-refractivity contribution in [2.75, 3.05) is 6.54 Å². The van der Waals surface area contributed by atoms with Gasteiger partial charge in [-0.1, -0.05) is 30.0 Å². The second-order valence-electron chi connectivity index (χ2n) is 9.15. The summed E-state index contributed by atoms with van der Waals surface area (Å²) < 4.78 is 5.50. The van der Waals surface area contributed by atoms with Gasteiger partial charge in [0, 0.05) is 6.54 Å². The molecule has 0 spiro atoms. The van der Waals surface area contributed by atoms with E-state index in [0.29, 0.717) is 11.6 Å². The van der Waals surface area contributed by atoms with Crippen LogP contribution in [0.5, 0.6) is 0 Å². The first-order valence-corrected chi connectivity index (χ1v) is 10.4. The lowest BCUT2D eigenvalue weighted by Gasteiger charge is -2.30. The van der Waals surface area contributed by atoms with Crippen LogP contribution in [0, 0.1) is 11.8 Å². The Morgan fingerprint density at radius 1 is 1.00 bits per heavy atom. The number of benzene rings is 1. The molecule has 2 fully saturated rings. The lowest BCUT2D eigenvalue weighted by Crippen LogP contribution is -2.48. The van der Waals surface area contributed by atoms with Crippen LogP contribution >= 0.6 is 0 Å². The van der Waals surface area contributed by atoms with Crippen LogP contribution in [0.2, 0.25) is 0 Å². The third kappa shape index (κ3) is 3.55. The van der Waals surface area contributed by atoms with Crippen molar-refractivity contribution < 1.29 is 28.8 Å².